The van der Waals surface area contributed by atoms with Gasteiger partial charge in [0.05, 0.1) is 18.7 Å². The lowest BCUT2D eigenvalue weighted by molar-refractivity contribution is -0.127. The van der Waals surface area contributed by atoms with E-state index in [9.17, 15) is 14.7 Å². The van der Waals surface area contributed by atoms with E-state index in [1.165, 1.54) is 25.7 Å². The normalized spacial score (nSPS) is 23.0. The van der Waals surface area contributed by atoms with Crippen LogP contribution in [0.1, 0.15) is 55.7 Å². The van der Waals surface area contributed by atoms with Gasteiger partial charge >= 0.3 is 0 Å². The van der Waals surface area contributed by atoms with Crippen molar-refractivity contribution in [2.45, 2.75) is 57.1 Å². The summed E-state index contributed by atoms with van der Waals surface area (Å²) in [4.78, 5) is 23.9. The van der Waals surface area contributed by atoms with Gasteiger partial charge in [0.2, 0.25) is 11.8 Å². The van der Waals surface area contributed by atoms with Gasteiger partial charge in [0.25, 0.3) is 0 Å². The van der Waals surface area contributed by atoms with Gasteiger partial charge in [0.15, 0.2) is 0 Å². The molecule has 1 aromatic carbocycles. The van der Waals surface area contributed by atoms with Crippen LogP contribution in [0.15, 0.2) is 24.3 Å². The first-order valence-corrected chi connectivity index (χ1v) is 8.95. The molecule has 0 saturated heterocycles. The third kappa shape index (κ3) is 4.15. The Hall–Kier alpha value is -1.88. The molecule has 2 atom stereocenters. The fraction of sp³-hybridized carbons (Fsp3) is 0.579. The third-order valence-corrected chi connectivity index (χ3v) is 5.22. The minimum Gasteiger partial charge on any atom is -0.390 e. The maximum absolute atomic E-state index is 12.1. The molecule has 5 heteroatoms. The first kappa shape index (κ1) is 17.0. The van der Waals surface area contributed by atoms with E-state index in [4.69, 9.17) is 0 Å². The molecule has 3 N–H and O–H groups in total. The van der Waals surface area contributed by atoms with E-state index in [0.29, 0.717) is 18.8 Å². The Kier molecular flexibility index (Phi) is 5.51. The summed E-state index contributed by atoms with van der Waals surface area (Å²) < 4.78 is 0. The Morgan fingerprint density at radius 1 is 1.12 bits per heavy atom. The topological polar surface area (TPSA) is 78.4 Å². The van der Waals surface area contributed by atoms with Crippen molar-refractivity contribution in [2.75, 3.05) is 6.54 Å². The second-order valence-corrected chi connectivity index (χ2v) is 6.98. The summed E-state index contributed by atoms with van der Waals surface area (Å²) in [6.07, 6.45) is 6.37. The molecule has 1 fully saturated rings. The molecule has 0 radical (unpaired) electrons. The van der Waals surface area contributed by atoms with Gasteiger partial charge in [-0.2, -0.15) is 0 Å². The molecule has 2 aliphatic carbocycles. The number of benzene rings is 1. The molecule has 130 valence electrons. The predicted octanol–water partition coefficient (Wildman–Crippen LogP) is 1.85. The van der Waals surface area contributed by atoms with Gasteiger partial charge in [-0.05, 0) is 23.5 Å². The molecule has 0 spiro atoms. The Morgan fingerprint density at radius 2 is 1.88 bits per heavy atom. The van der Waals surface area contributed by atoms with E-state index < -0.39 is 6.10 Å². The van der Waals surface area contributed by atoms with Crippen LogP contribution in [0.5, 0.6) is 0 Å². The number of carbonyl (C=O) groups is 2. The molecule has 2 aliphatic rings. The van der Waals surface area contributed by atoms with Crippen LogP contribution < -0.4 is 10.6 Å². The van der Waals surface area contributed by atoms with E-state index in [2.05, 4.69) is 10.6 Å². The second-order valence-electron chi connectivity index (χ2n) is 6.98. The van der Waals surface area contributed by atoms with Crippen molar-refractivity contribution < 1.29 is 14.7 Å². The number of amides is 2. The van der Waals surface area contributed by atoms with Gasteiger partial charge in [0, 0.05) is 12.8 Å². The fourth-order valence-corrected chi connectivity index (χ4v) is 3.87. The highest BCUT2D eigenvalue weighted by atomic mass is 16.3. The number of carbonyl (C=O) groups excluding carboxylic acids is 2. The highest BCUT2D eigenvalue weighted by Gasteiger charge is 2.31. The molecule has 0 bridgehead atoms. The molecule has 0 aliphatic heterocycles. The lowest BCUT2D eigenvalue weighted by Crippen LogP contribution is -2.41. The summed E-state index contributed by atoms with van der Waals surface area (Å²) in [6.45, 7) is -0.0329. The Balaban J connectivity index is 1.41. The number of nitrogens with one attached hydrogen (secondary N) is 2. The minimum absolute atomic E-state index is 0.0329. The number of rotatable bonds is 6. The van der Waals surface area contributed by atoms with Crippen LogP contribution in [0.3, 0.4) is 0 Å². The minimum atomic E-state index is -0.607. The number of aliphatic hydroxyl groups is 1. The maximum atomic E-state index is 12.1. The summed E-state index contributed by atoms with van der Waals surface area (Å²) in [5.41, 5.74) is 2.03. The highest BCUT2D eigenvalue weighted by molar-refractivity contribution is 5.85. The summed E-state index contributed by atoms with van der Waals surface area (Å²) >= 11 is 0. The molecular formula is C19H26N2O3. The van der Waals surface area contributed by atoms with Crippen LogP contribution in [0.4, 0.5) is 0 Å². The van der Waals surface area contributed by atoms with E-state index in [1.807, 2.05) is 24.3 Å². The average molecular weight is 330 g/mol. The van der Waals surface area contributed by atoms with Crippen LogP contribution in [-0.4, -0.2) is 29.6 Å². The number of aliphatic hydroxyl groups excluding tert-OH is 1. The van der Waals surface area contributed by atoms with E-state index in [0.717, 1.165) is 17.5 Å². The lowest BCUT2D eigenvalue weighted by atomic mass is 10.0. The van der Waals surface area contributed by atoms with Crippen LogP contribution in [0, 0.1) is 5.92 Å². The van der Waals surface area contributed by atoms with Crippen LogP contribution in [-0.2, 0) is 16.0 Å². The van der Waals surface area contributed by atoms with Gasteiger partial charge in [-0.3, -0.25) is 9.59 Å². The van der Waals surface area contributed by atoms with Gasteiger partial charge < -0.3 is 15.7 Å². The zero-order valence-corrected chi connectivity index (χ0v) is 14.0. The van der Waals surface area contributed by atoms with Crippen molar-refractivity contribution in [1.29, 1.82) is 0 Å². The van der Waals surface area contributed by atoms with Crippen LogP contribution >= 0.6 is 0 Å². The molecule has 24 heavy (non-hydrogen) atoms. The zero-order chi connectivity index (χ0) is 16.9. The van der Waals surface area contributed by atoms with Crippen molar-refractivity contribution in [2.24, 2.45) is 5.92 Å². The van der Waals surface area contributed by atoms with E-state index >= 15 is 0 Å². The molecular weight excluding hydrogens is 304 g/mol. The molecule has 1 aromatic rings. The largest absolute Gasteiger partial charge is 0.390 e. The maximum Gasteiger partial charge on any atom is 0.239 e. The van der Waals surface area contributed by atoms with Crippen molar-refractivity contribution >= 4 is 11.8 Å². The second kappa shape index (κ2) is 7.79. The SMILES string of the molecule is O=C(CCC1CCCC1)NCC(=O)NC1c2ccccc2CC1O. The standard InChI is InChI=1S/C19H26N2O3/c22-16-11-14-7-3-4-8-15(14)19(16)21-18(24)12-20-17(23)10-9-13-5-1-2-6-13/h3-4,7-8,13,16,19,22H,1-2,5-6,9-12H2,(H,20,23)(H,21,24). The molecule has 3 rings (SSSR count). The van der Waals surface area contributed by atoms with E-state index in [-0.39, 0.29) is 24.4 Å². The molecule has 0 aromatic heterocycles. The zero-order valence-electron chi connectivity index (χ0n) is 14.0. The molecule has 5 nitrogen and oxygen atoms in total. The number of hydrogen-bond donors (Lipinski definition) is 3. The Bertz CT molecular complexity index is 596. The Labute approximate surface area is 142 Å². The molecule has 1 saturated carbocycles. The highest BCUT2D eigenvalue weighted by Crippen LogP contribution is 2.31. The first-order chi connectivity index (χ1) is 11.6. The van der Waals surface area contributed by atoms with Crippen molar-refractivity contribution in [3.63, 3.8) is 0 Å². The Morgan fingerprint density at radius 3 is 2.67 bits per heavy atom. The summed E-state index contributed by atoms with van der Waals surface area (Å²) in [5, 5.41) is 15.7. The third-order valence-electron chi connectivity index (χ3n) is 5.22. The van der Waals surface area contributed by atoms with Gasteiger partial charge in [-0.25, -0.2) is 0 Å². The predicted molar refractivity (Wildman–Crippen MR) is 91.2 cm³/mol. The lowest BCUT2D eigenvalue weighted by Gasteiger charge is -2.18. The van der Waals surface area contributed by atoms with Crippen molar-refractivity contribution in [3.8, 4) is 0 Å². The first-order valence-electron chi connectivity index (χ1n) is 8.95. The van der Waals surface area contributed by atoms with Crippen molar-refractivity contribution in [3.05, 3.63) is 35.4 Å². The van der Waals surface area contributed by atoms with Gasteiger partial charge in [0.1, 0.15) is 0 Å². The monoisotopic (exact) mass is 330 g/mol. The quantitative estimate of drug-likeness (QED) is 0.745. The average Bonchev–Trinajstić information content (AvgIpc) is 3.20. The van der Waals surface area contributed by atoms with Gasteiger partial charge in [-0.1, -0.05) is 49.9 Å². The summed E-state index contributed by atoms with van der Waals surface area (Å²) in [5.74, 6) is 0.351. The molecule has 2 amide bonds. The van der Waals surface area contributed by atoms with Crippen LogP contribution in [0.25, 0.3) is 0 Å². The smallest absolute Gasteiger partial charge is 0.239 e. The number of hydrogen-bond acceptors (Lipinski definition) is 3. The number of fused-ring (bicyclic) bond motifs is 1. The fourth-order valence-electron chi connectivity index (χ4n) is 3.87. The molecule has 0 heterocycles. The molecule has 2 unspecified atom stereocenters. The van der Waals surface area contributed by atoms with Crippen LogP contribution in [0.2, 0.25) is 0 Å². The van der Waals surface area contributed by atoms with E-state index in [1.54, 1.807) is 0 Å². The summed E-state index contributed by atoms with van der Waals surface area (Å²) in [6, 6.07) is 7.34. The van der Waals surface area contributed by atoms with Crippen molar-refractivity contribution in [1.82, 2.24) is 10.6 Å². The summed E-state index contributed by atoms with van der Waals surface area (Å²) in [7, 11) is 0. The van der Waals surface area contributed by atoms with Gasteiger partial charge in [-0.15, -0.1) is 0 Å².